The maximum atomic E-state index is 5.09. The molecular weight excluding hydrogens is 731 g/mol. The van der Waals surface area contributed by atoms with Gasteiger partial charge in [0.1, 0.15) is 0 Å². The van der Waals surface area contributed by atoms with Crippen LogP contribution >= 0.6 is 0 Å². The molecule has 0 radical (unpaired) electrons. The third-order valence-electron chi connectivity index (χ3n) is 10.7. The van der Waals surface area contributed by atoms with Gasteiger partial charge in [0.25, 0.3) is 0 Å². The maximum absolute atomic E-state index is 5.09. The summed E-state index contributed by atoms with van der Waals surface area (Å²) in [7, 11) is 0. The predicted octanol–water partition coefficient (Wildman–Crippen LogP) is 13.7. The first-order valence-corrected chi connectivity index (χ1v) is 20.0. The second-order valence-electron chi connectivity index (χ2n) is 14.6. The van der Waals surface area contributed by atoms with Crippen molar-refractivity contribution in [3.05, 3.63) is 225 Å². The van der Waals surface area contributed by atoms with Crippen LogP contribution in [0.25, 0.3) is 101 Å². The van der Waals surface area contributed by atoms with Gasteiger partial charge >= 0.3 is 0 Å². The van der Waals surface area contributed by atoms with Crippen molar-refractivity contribution in [1.82, 2.24) is 24.9 Å². The molecule has 0 fully saturated rings. The lowest BCUT2D eigenvalue weighted by Gasteiger charge is -2.11. The number of benzene rings is 6. The van der Waals surface area contributed by atoms with Crippen molar-refractivity contribution < 1.29 is 0 Å². The van der Waals surface area contributed by atoms with E-state index in [-0.39, 0.29) is 0 Å². The monoisotopic (exact) mass is 767 g/mol. The lowest BCUT2D eigenvalue weighted by Crippen LogP contribution is -1.96. The summed E-state index contributed by atoms with van der Waals surface area (Å²) >= 11 is 0. The minimum absolute atomic E-state index is 0.694. The Morgan fingerprint density at radius 1 is 0.217 bits per heavy atom. The normalized spacial score (nSPS) is 11.0. The van der Waals surface area contributed by atoms with Crippen LogP contribution in [-0.2, 0) is 0 Å². The minimum Gasteiger partial charge on any atom is -0.255 e. The molecule has 0 aliphatic carbocycles. The standard InChI is InChI=1S/C55H37N5/c1-4-12-38(13-5-1)40-25-29-46(30-26-40)55-59-51(44-16-8-3-9-17-44)36-52(60-55)45-27-23-42(24-28-45)41-19-21-43(22-20-41)47-31-32-50(57-37-47)54-35-48(39-14-6-2-7-15-39)34-53(58-54)49-18-10-11-33-56-49/h1-37H. The zero-order chi connectivity index (χ0) is 40.1. The van der Waals surface area contributed by atoms with Crippen molar-refractivity contribution in [3.63, 3.8) is 0 Å². The van der Waals surface area contributed by atoms with Crippen LogP contribution in [0.2, 0.25) is 0 Å². The van der Waals surface area contributed by atoms with Gasteiger partial charge in [0.15, 0.2) is 5.82 Å². The van der Waals surface area contributed by atoms with E-state index in [2.05, 4.69) is 151 Å². The van der Waals surface area contributed by atoms with Gasteiger partial charge in [-0.25, -0.2) is 15.0 Å². The van der Waals surface area contributed by atoms with Crippen molar-refractivity contribution in [2.24, 2.45) is 0 Å². The lowest BCUT2D eigenvalue weighted by atomic mass is 9.99. The van der Waals surface area contributed by atoms with Crippen molar-refractivity contribution in [2.45, 2.75) is 0 Å². The van der Waals surface area contributed by atoms with Gasteiger partial charge in [-0.1, -0.05) is 176 Å². The van der Waals surface area contributed by atoms with Gasteiger partial charge in [0.05, 0.1) is 34.2 Å². The average molecular weight is 768 g/mol. The van der Waals surface area contributed by atoms with Gasteiger partial charge in [-0.15, -0.1) is 0 Å². The lowest BCUT2D eigenvalue weighted by molar-refractivity contribution is 1.18. The first kappa shape index (κ1) is 36.2. The summed E-state index contributed by atoms with van der Waals surface area (Å²) in [5.41, 5.74) is 17.0. The van der Waals surface area contributed by atoms with Gasteiger partial charge in [-0.3, -0.25) is 9.97 Å². The van der Waals surface area contributed by atoms with Crippen LogP contribution in [0.5, 0.6) is 0 Å². The smallest absolute Gasteiger partial charge is 0.160 e. The molecule has 0 spiro atoms. The van der Waals surface area contributed by atoms with E-state index in [0.717, 1.165) is 89.8 Å². The molecule has 0 saturated heterocycles. The zero-order valence-corrected chi connectivity index (χ0v) is 32.6. The molecule has 0 unspecified atom stereocenters. The van der Waals surface area contributed by atoms with Gasteiger partial charge < -0.3 is 0 Å². The molecule has 0 atom stereocenters. The molecule has 0 aliphatic heterocycles. The summed E-state index contributed by atoms with van der Waals surface area (Å²) in [6.07, 6.45) is 3.72. The van der Waals surface area contributed by atoms with Crippen LogP contribution < -0.4 is 0 Å². The van der Waals surface area contributed by atoms with Crippen molar-refractivity contribution in [3.8, 4) is 101 Å². The third kappa shape index (κ3) is 7.76. The molecule has 0 N–H and O–H groups in total. The molecule has 0 amide bonds. The number of hydrogen-bond donors (Lipinski definition) is 0. The maximum Gasteiger partial charge on any atom is 0.160 e. The Morgan fingerprint density at radius 3 is 1.12 bits per heavy atom. The van der Waals surface area contributed by atoms with Gasteiger partial charge in [0.2, 0.25) is 0 Å². The summed E-state index contributed by atoms with van der Waals surface area (Å²) in [5, 5.41) is 0. The van der Waals surface area contributed by atoms with Crippen LogP contribution in [0.15, 0.2) is 225 Å². The van der Waals surface area contributed by atoms with Crippen molar-refractivity contribution in [2.75, 3.05) is 0 Å². The molecule has 60 heavy (non-hydrogen) atoms. The number of hydrogen-bond acceptors (Lipinski definition) is 5. The molecule has 0 aliphatic rings. The number of nitrogens with zero attached hydrogens (tertiary/aromatic N) is 5. The van der Waals surface area contributed by atoms with Gasteiger partial charge in [-0.05, 0) is 75.3 Å². The quantitative estimate of drug-likeness (QED) is 0.146. The summed E-state index contributed by atoms with van der Waals surface area (Å²) in [4.78, 5) is 24.6. The van der Waals surface area contributed by atoms with Crippen LogP contribution in [0.4, 0.5) is 0 Å². The Hall–Kier alpha value is -8.15. The molecule has 0 bridgehead atoms. The molecule has 5 nitrogen and oxygen atoms in total. The fourth-order valence-corrected chi connectivity index (χ4v) is 7.43. The van der Waals surface area contributed by atoms with E-state index in [9.17, 15) is 0 Å². The first-order chi connectivity index (χ1) is 29.7. The number of aromatic nitrogens is 5. The minimum atomic E-state index is 0.694. The van der Waals surface area contributed by atoms with Crippen LogP contribution in [-0.4, -0.2) is 24.9 Å². The number of rotatable bonds is 9. The van der Waals surface area contributed by atoms with Gasteiger partial charge in [0, 0.05) is 34.6 Å². The largest absolute Gasteiger partial charge is 0.255 e. The summed E-state index contributed by atoms with van der Waals surface area (Å²) in [5.74, 6) is 0.694. The molecule has 282 valence electrons. The fraction of sp³-hybridized carbons (Fsp3) is 0. The highest BCUT2D eigenvalue weighted by molar-refractivity contribution is 5.78. The molecule has 0 saturated carbocycles. The van der Waals surface area contributed by atoms with Crippen LogP contribution in [0.1, 0.15) is 0 Å². The summed E-state index contributed by atoms with van der Waals surface area (Å²) in [6.45, 7) is 0. The van der Waals surface area contributed by atoms with E-state index in [4.69, 9.17) is 19.9 Å². The van der Waals surface area contributed by atoms with E-state index in [1.807, 2.05) is 72.9 Å². The van der Waals surface area contributed by atoms with Crippen LogP contribution in [0.3, 0.4) is 0 Å². The summed E-state index contributed by atoms with van der Waals surface area (Å²) in [6, 6.07) is 73.1. The second kappa shape index (κ2) is 16.4. The molecule has 10 rings (SSSR count). The Labute approximate surface area is 349 Å². The van der Waals surface area contributed by atoms with Gasteiger partial charge in [-0.2, -0.15) is 0 Å². The van der Waals surface area contributed by atoms with E-state index in [1.165, 1.54) is 5.56 Å². The van der Waals surface area contributed by atoms with Crippen molar-refractivity contribution >= 4 is 0 Å². The Morgan fingerprint density at radius 2 is 0.617 bits per heavy atom. The highest BCUT2D eigenvalue weighted by atomic mass is 14.9. The average Bonchev–Trinajstić information content (AvgIpc) is 3.35. The van der Waals surface area contributed by atoms with Crippen molar-refractivity contribution in [1.29, 1.82) is 0 Å². The first-order valence-electron chi connectivity index (χ1n) is 20.0. The fourth-order valence-electron chi connectivity index (χ4n) is 7.43. The summed E-state index contributed by atoms with van der Waals surface area (Å²) < 4.78 is 0. The zero-order valence-electron chi connectivity index (χ0n) is 32.6. The van der Waals surface area contributed by atoms with E-state index < -0.39 is 0 Å². The molecule has 4 aromatic heterocycles. The Bertz CT molecular complexity index is 2950. The molecule has 6 aromatic carbocycles. The molecule has 10 aromatic rings. The molecular formula is C55H37N5. The van der Waals surface area contributed by atoms with E-state index >= 15 is 0 Å². The highest BCUT2D eigenvalue weighted by Crippen LogP contribution is 2.33. The topological polar surface area (TPSA) is 64.5 Å². The third-order valence-corrected chi connectivity index (χ3v) is 10.7. The second-order valence-corrected chi connectivity index (χ2v) is 14.6. The number of pyridine rings is 3. The predicted molar refractivity (Wildman–Crippen MR) is 244 cm³/mol. The van der Waals surface area contributed by atoms with E-state index in [1.54, 1.807) is 6.20 Å². The van der Waals surface area contributed by atoms with Crippen LogP contribution in [0, 0.1) is 0 Å². The molecule has 4 heterocycles. The van der Waals surface area contributed by atoms with E-state index in [0.29, 0.717) is 5.82 Å². The highest BCUT2D eigenvalue weighted by Gasteiger charge is 2.13. The molecule has 5 heteroatoms. The Balaban J connectivity index is 0.900. The SMILES string of the molecule is c1ccc(-c2ccc(-c3nc(-c4ccccc4)cc(-c4ccc(-c5ccc(-c6ccc(-c7cc(-c8ccccc8)cc(-c8ccccn8)n7)nc6)cc5)cc4)n3)cc2)cc1. The Kier molecular flexibility index (Phi) is 9.88.